The Kier molecular flexibility index (Phi) is 5.41. The first-order valence-electron chi connectivity index (χ1n) is 11.8. The summed E-state index contributed by atoms with van der Waals surface area (Å²) in [5.74, 6) is 0.412. The number of imidazole rings is 1. The van der Waals surface area contributed by atoms with Gasteiger partial charge in [-0.15, -0.1) is 0 Å². The van der Waals surface area contributed by atoms with Gasteiger partial charge in [-0.1, -0.05) is 11.3 Å². The molecular weight excluding hydrogens is 468 g/mol. The molecule has 182 valence electrons. The van der Waals surface area contributed by atoms with E-state index in [2.05, 4.69) is 20.6 Å². The Balaban J connectivity index is 1.37. The van der Waals surface area contributed by atoms with E-state index in [9.17, 15) is 9.59 Å². The van der Waals surface area contributed by atoms with E-state index in [1.807, 2.05) is 29.2 Å². The van der Waals surface area contributed by atoms with Crippen LogP contribution >= 0.6 is 11.3 Å². The molecule has 0 radical (unpaired) electrons. The minimum atomic E-state index is -0.0802. The molecule has 0 aromatic carbocycles. The number of anilines is 2. The van der Waals surface area contributed by atoms with Crippen molar-refractivity contribution in [1.29, 1.82) is 0 Å². The van der Waals surface area contributed by atoms with Crippen LogP contribution in [0.1, 0.15) is 39.9 Å². The van der Waals surface area contributed by atoms with Crippen molar-refractivity contribution in [3.05, 3.63) is 29.2 Å². The fourth-order valence-corrected chi connectivity index (χ4v) is 5.23. The number of thiazole rings is 1. The van der Waals surface area contributed by atoms with Gasteiger partial charge in [0.15, 0.2) is 10.9 Å². The van der Waals surface area contributed by atoms with Crippen LogP contribution in [-0.4, -0.2) is 73.1 Å². The number of amides is 2. The van der Waals surface area contributed by atoms with E-state index in [0.717, 1.165) is 23.7 Å². The van der Waals surface area contributed by atoms with E-state index in [-0.39, 0.29) is 17.9 Å². The Morgan fingerprint density at radius 2 is 2.03 bits per heavy atom. The molecule has 2 N–H and O–H groups in total. The summed E-state index contributed by atoms with van der Waals surface area (Å²) in [5, 5.41) is 7.78. The maximum Gasteiger partial charge on any atom is 0.268 e. The molecule has 0 spiro atoms. The van der Waals surface area contributed by atoms with E-state index >= 15 is 0 Å². The van der Waals surface area contributed by atoms with Crippen LogP contribution in [-0.2, 0) is 18.3 Å². The maximum absolute atomic E-state index is 12.9. The Labute approximate surface area is 205 Å². The molecule has 1 saturated carbocycles. The van der Waals surface area contributed by atoms with Gasteiger partial charge in [0.2, 0.25) is 0 Å². The molecule has 6 rings (SSSR count). The van der Waals surface area contributed by atoms with Gasteiger partial charge in [-0.25, -0.2) is 15.0 Å². The lowest BCUT2D eigenvalue weighted by atomic mass is 10.2. The van der Waals surface area contributed by atoms with Gasteiger partial charge in [0, 0.05) is 38.1 Å². The third kappa shape index (κ3) is 3.92. The highest BCUT2D eigenvalue weighted by Gasteiger charge is 2.27. The van der Waals surface area contributed by atoms with Crippen LogP contribution in [0, 0.1) is 0 Å². The minimum Gasteiger partial charge on any atom is -0.378 e. The van der Waals surface area contributed by atoms with Crippen molar-refractivity contribution < 1.29 is 14.3 Å². The van der Waals surface area contributed by atoms with Crippen LogP contribution in [0.25, 0.3) is 22.1 Å². The van der Waals surface area contributed by atoms with Crippen molar-refractivity contribution in [3.63, 3.8) is 0 Å². The van der Waals surface area contributed by atoms with Crippen molar-refractivity contribution in [1.82, 2.24) is 34.3 Å². The normalized spacial score (nSPS) is 16.2. The number of carbonyl (C=O) groups excluding carboxylic acids is 2. The molecule has 1 saturated heterocycles. The number of aromatic nitrogens is 5. The lowest BCUT2D eigenvalue weighted by Crippen LogP contribution is -2.40. The Morgan fingerprint density at radius 3 is 2.77 bits per heavy atom. The zero-order valence-electron chi connectivity index (χ0n) is 19.6. The Morgan fingerprint density at radius 1 is 1.23 bits per heavy atom. The molecule has 0 atom stereocenters. The van der Waals surface area contributed by atoms with Gasteiger partial charge >= 0.3 is 0 Å². The van der Waals surface area contributed by atoms with Crippen LogP contribution in [0.3, 0.4) is 0 Å². The number of fused-ring (bicyclic) bond motifs is 3. The molecule has 0 unspecified atom stereocenters. The van der Waals surface area contributed by atoms with Crippen LogP contribution in [0.2, 0.25) is 0 Å². The van der Waals surface area contributed by atoms with E-state index in [1.165, 1.54) is 11.3 Å². The zero-order chi connectivity index (χ0) is 24.1. The second-order valence-electron chi connectivity index (χ2n) is 8.83. The van der Waals surface area contributed by atoms with Crippen LogP contribution < -0.4 is 10.6 Å². The lowest BCUT2D eigenvalue weighted by Gasteiger charge is -2.26. The third-order valence-corrected chi connectivity index (χ3v) is 7.30. The molecule has 11 nitrogen and oxygen atoms in total. The molecule has 35 heavy (non-hydrogen) atoms. The summed E-state index contributed by atoms with van der Waals surface area (Å²) in [7, 11) is 1.92. The molecule has 2 amide bonds. The quantitative estimate of drug-likeness (QED) is 0.423. The summed E-state index contributed by atoms with van der Waals surface area (Å²) >= 11 is 1.28. The monoisotopic (exact) mass is 494 g/mol. The molecule has 2 aliphatic rings. The molecule has 1 aliphatic heterocycles. The Bertz CT molecular complexity index is 1440. The lowest BCUT2D eigenvalue weighted by molar-refractivity contribution is 0.0306. The molecule has 4 aromatic heterocycles. The number of nitrogens with one attached hydrogen (secondary N) is 2. The number of carbonyl (C=O) groups is 2. The molecule has 5 heterocycles. The second-order valence-corrected chi connectivity index (χ2v) is 9.86. The summed E-state index contributed by atoms with van der Waals surface area (Å²) in [6, 6.07) is 2.17. The highest BCUT2D eigenvalue weighted by atomic mass is 32.1. The van der Waals surface area contributed by atoms with Gasteiger partial charge in [-0.05, 0) is 25.8 Å². The summed E-state index contributed by atoms with van der Waals surface area (Å²) < 4.78 is 9.21. The van der Waals surface area contributed by atoms with Crippen molar-refractivity contribution >= 4 is 56.2 Å². The van der Waals surface area contributed by atoms with Crippen LogP contribution in [0.15, 0.2) is 18.6 Å². The van der Waals surface area contributed by atoms with Gasteiger partial charge in [0.25, 0.3) is 11.8 Å². The van der Waals surface area contributed by atoms with E-state index in [4.69, 9.17) is 9.72 Å². The summed E-state index contributed by atoms with van der Waals surface area (Å²) in [4.78, 5) is 42.0. The van der Waals surface area contributed by atoms with Crippen molar-refractivity contribution in [2.45, 2.75) is 32.4 Å². The molecule has 12 heteroatoms. The van der Waals surface area contributed by atoms with Crippen molar-refractivity contribution in [2.75, 3.05) is 31.6 Å². The summed E-state index contributed by atoms with van der Waals surface area (Å²) in [6.45, 7) is 4.86. The first-order chi connectivity index (χ1) is 17.0. The number of nitrogens with zero attached hydrogens (tertiary/aromatic N) is 6. The summed E-state index contributed by atoms with van der Waals surface area (Å²) in [6.07, 6.45) is 5.38. The number of aryl methyl sites for hydroxylation is 2. The van der Waals surface area contributed by atoms with Gasteiger partial charge in [-0.3, -0.25) is 9.59 Å². The van der Waals surface area contributed by atoms with Crippen molar-refractivity contribution in [3.8, 4) is 0 Å². The highest BCUT2D eigenvalue weighted by molar-refractivity contribution is 7.17. The largest absolute Gasteiger partial charge is 0.378 e. The van der Waals surface area contributed by atoms with Gasteiger partial charge in [0.1, 0.15) is 21.7 Å². The van der Waals surface area contributed by atoms with Crippen molar-refractivity contribution in [2.24, 2.45) is 7.05 Å². The standard InChI is InChI=1S/C23H26N8O3S/c1-3-31-15(21(32)26-13-4-5-13)10-14-18-17(25-12-29(18)2)19(27-20(14)31)28-23-24-11-16(35-23)22(33)30-6-8-34-9-7-30/h10-13H,3-9H2,1-2H3,(H,26,32)(H,24,27,28). The molecular formula is C23H26N8O3S. The maximum atomic E-state index is 12.9. The second kappa shape index (κ2) is 8.61. The number of pyridine rings is 1. The first kappa shape index (κ1) is 22.0. The highest BCUT2D eigenvalue weighted by Crippen LogP contribution is 2.33. The van der Waals surface area contributed by atoms with Gasteiger partial charge in [-0.2, -0.15) is 0 Å². The molecule has 0 bridgehead atoms. The number of ether oxygens (including phenoxy) is 1. The summed E-state index contributed by atoms with van der Waals surface area (Å²) in [5.41, 5.74) is 2.85. The molecule has 1 aliphatic carbocycles. The third-order valence-electron chi connectivity index (χ3n) is 6.40. The predicted octanol–water partition coefficient (Wildman–Crippen LogP) is 2.51. The molecule has 2 fully saturated rings. The van der Waals surface area contributed by atoms with Gasteiger partial charge in [0.05, 0.1) is 31.3 Å². The number of rotatable bonds is 6. The van der Waals surface area contributed by atoms with Crippen LogP contribution in [0.4, 0.5) is 10.9 Å². The van der Waals surface area contributed by atoms with Crippen LogP contribution in [0.5, 0.6) is 0 Å². The first-order valence-corrected chi connectivity index (χ1v) is 12.6. The van der Waals surface area contributed by atoms with E-state index < -0.39 is 0 Å². The topological polar surface area (TPSA) is 119 Å². The Hall–Kier alpha value is -3.51. The van der Waals surface area contributed by atoms with E-state index in [1.54, 1.807) is 17.4 Å². The predicted molar refractivity (Wildman–Crippen MR) is 132 cm³/mol. The van der Waals surface area contributed by atoms with Gasteiger partial charge < -0.3 is 29.4 Å². The zero-order valence-corrected chi connectivity index (χ0v) is 20.4. The number of morpholine rings is 1. The number of hydrogen-bond donors (Lipinski definition) is 2. The average molecular weight is 495 g/mol. The molecule has 4 aromatic rings. The minimum absolute atomic E-state index is 0.0450. The van der Waals surface area contributed by atoms with E-state index in [0.29, 0.717) is 65.5 Å². The fourth-order valence-electron chi connectivity index (χ4n) is 4.45. The number of hydrogen-bond acceptors (Lipinski definition) is 8. The SMILES string of the molecule is CCn1c(C(=O)NC2CC2)cc2c3c(ncn3C)c(Nc3ncc(C(=O)N4CCOCC4)s3)nc21. The fraction of sp³-hybridized carbons (Fsp3) is 0.435. The average Bonchev–Trinajstić information content (AvgIpc) is 3.25. The smallest absolute Gasteiger partial charge is 0.268 e.